The van der Waals surface area contributed by atoms with Crippen molar-refractivity contribution in [3.05, 3.63) is 71.3 Å². The molecule has 0 saturated carbocycles. The van der Waals surface area contributed by atoms with Crippen LogP contribution < -0.4 is 5.73 Å². The van der Waals surface area contributed by atoms with Crippen LogP contribution in [0.25, 0.3) is 0 Å². The molecule has 0 aliphatic carbocycles. The normalized spacial score (nSPS) is 12.4. The fourth-order valence-electron chi connectivity index (χ4n) is 2.50. The first kappa shape index (κ1) is 15.5. The summed E-state index contributed by atoms with van der Waals surface area (Å²) in [5.74, 6) is 0.595. The van der Waals surface area contributed by atoms with Gasteiger partial charge in [0, 0.05) is 5.56 Å². The molecule has 0 saturated heterocycles. The zero-order valence-electron chi connectivity index (χ0n) is 12.8. The molecule has 2 aromatic rings. The zero-order chi connectivity index (χ0) is 15.2. The van der Waals surface area contributed by atoms with E-state index in [0.29, 0.717) is 12.3 Å². The molecule has 2 N–H and O–H groups in total. The molecule has 0 amide bonds. The van der Waals surface area contributed by atoms with Gasteiger partial charge >= 0.3 is 0 Å². The van der Waals surface area contributed by atoms with E-state index < -0.39 is 6.04 Å². The lowest BCUT2D eigenvalue weighted by Gasteiger charge is -2.12. The average molecular weight is 281 g/mol. The highest BCUT2D eigenvalue weighted by molar-refractivity contribution is 6.00. The van der Waals surface area contributed by atoms with Crippen molar-refractivity contribution in [3.8, 4) is 0 Å². The Balaban J connectivity index is 2.08. The smallest absolute Gasteiger partial charge is 0.179 e. The van der Waals surface area contributed by atoms with Crippen LogP contribution in [0.15, 0.2) is 54.6 Å². The molecule has 1 unspecified atom stereocenters. The zero-order valence-corrected chi connectivity index (χ0v) is 12.8. The van der Waals surface area contributed by atoms with E-state index in [1.807, 2.05) is 48.5 Å². The van der Waals surface area contributed by atoms with Crippen LogP contribution in [0.1, 0.15) is 35.3 Å². The number of nitrogens with two attached hydrogens (primary N) is 1. The maximum atomic E-state index is 12.5. The van der Waals surface area contributed by atoms with E-state index in [1.165, 1.54) is 5.56 Å². The van der Waals surface area contributed by atoms with E-state index >= 15 is 0 Å². The molecule has 0 heterocycles. The fraction of sp³-hybridized carbons (Fsp3) is 0.316. The van der Waals surface area contributed by atoms with E-state index in [-0.39, 0.29) is 5.78 Å². The maximum Gasteiger partial charge on any atom is 0.179 e. The molecule has 0 bridgehead atoms. The molecular formula is C19H23NO. The lowest BCUT2D eigenvalue weighted by molar-refractivity contribution is 0.0961. The standard InChI is InChI=1S/C19H23NO/c1-14(2)11-16-9-6-10-17(12-16)19(21)18(20)13-15-7-4-3-5-8-15/h3-10,12,14,18H,11,13,20H2,1-2H3. The first-order valence-corrected chi connectivity index (χ1v) is 7.49. The highest BCUT2D eigenvalue weighted by Crippen LogP contribution is 2.13. The Hall–Kier alpha value is -1.93. The van der Waals surface area contributed by atoms with Gasteiger partial charge in [0.1, 0.15) is 0 Å². The number of hydrogen-bond acceptors (Lipinski definition) is 2. The minimum absolute atomic E-state index is 0.0180. The second-order valence-electron chi connectivity index (χ2n) is 5.96. The predicted molar refractivity (Wildman–Crippen MR) is 87.4 cm³/mol. The second kappa shape index (κ2) is 7.19. The third-order valence-electron chi connectivity index (χ3n) is 3.49. The van der Waals surface area contributed by atoms with Crippen molar-refractivity contribution >= 4 is 5.78 Å². The summed E-state index contributed by atoms with van der Waals surface area (Å²) in [5.41, 5.74) is 9.09. The van der Waals surface area contributed by atoms with Gasteiger partial charge in [0.15, 0.2) is 5.78 Å². The monoisotopic (exact) mass is 281 g/mol. The Bertz CT molecular complexity index is 590. The highest BCUT2D eigenvalue weighted by atomic mass is 16.1. The predicted octanol–water partition coefficient (Wildman–Crippen LogP) is 3.64. The molecule has 2 rings (SSSR count). The molecule has 0 aromatic heterocycles. The Morgan fingerprint density at radius 2 is 1.62 bits per heavy atom. The van der Waals surface area contributed by atoms with Crippen molar-refractivity contribution in [2.75, 3.05) is 0 Å². The van der Waals surface area contributed by atoms with Gasteiger partial charge < -0.3 is 5.73 Å². The quantitative estimate of drug-likeness (QED) is 0.821. The number of carbonyl (C=O) groups is 1. The number of ketones is 1. The number of benzene rings is 2. The van der Waals surface area contributed by atoms with E-state index in [9.17, 15) is 4.79 Å². The van der Waals surface area contributed by atoms with Crippen molar-refractivity contribution in [2.24, 2.45) is 11.7 Å². The van der Waals surface area contributed by atoms with Gasteiger partial charge in [0.2, 0.25) is 0 Å². The topological polar surface area (TPSA) is 43.1 Å². The summed E-state index contributed by atoms with van der Waals surface area (Å²) in [5, 5.41) is 0. The molecule has 2 aromatic carbocycles. The molecule has 1 atom stereocenters. The molecule has 21 heavy (non-hydrogen) atoms. The van der Waals surface area contributed by atoms with Crippen LogP contribution >= 0.6 is 0 Å². The molecule has 110 valence electrons. The van der Waals surface area contributed by atoms with Gasteiger partial charge in [0.25, 0.3) is 0 Å². The summed E-state index contributed by atoms with van der Waals surface area (Å²) in [6.45, 7) is 4.35. The lowest BCUT2D eigenvalue weighted by atomic mass is 9.95. The third-order valence-corrected chi connectivity index (χ3v) is 3.49. The number of Topliss-reactive ketones (excluding diaryl/α,β-unsaturated/α-hetero) is 1. The summed E-state index contributed by atoms with van der Waals surface area (Å²) in [7, 11) is 0. The van der Waals surface area contributed by atoms with Gasteiger partial charge in [-0.1, -0.05) is 62.4 Å². The van der Waals surface area contributed by atoms with Crippen molar-refractivity contribution in [2.45, 2.75) is 32.7 Å². The Morgan fingerprint density at radius 3 is 2.29 bits per heavy atom. The summed E-state index contributed by atoms with van der Waals surface area (Å²) < 4.78 is 0. The van der Waals surface area contributed by atoms with Crippen LogP contribution in [0.5, 0.6) is 0 Å². The largest absolute Gasteiger partial charge is 0.321 e. The molecule has 0 radical (unpaired) electrons. The van der Waals surface area contributed by atoms with E-state index in [0.717, 1.165) is 17.5 Å². The molecule has 0 spiro atoms. The summed E-state index contributed by atoms with van der Waals surface area (Å²) in [4.78, 5) is 12.5. The SMILES string of the molecule is CC(C)Cc1cccc(C(=O)C(N)Cc2ccccc2)c1. The molecule has 0 fully saturated rings. The molecule has 2 nitrogen and oxygen atoms in total. The van der Waals surface area contributed by atoms with Gasteiger partial charge in [-0.25, -0.2) is 0 Å². The van der Waals surface area contributed by atoms with Crippen LogP contribution in [0.3, 0.4) is 0 Å². The highest BCUT2D eigenvalue weighted by Gasteiger charge is 2.16. The Morgan fingerprint density at radius 1 is 0.952 bits per heavy atom. The van der Waals surface area contributed by atoms with Gasteiger partial charge in [-0.05, 0) is 36.0 Å². The van der Waals surface area contributed by atoms with Crippen LogP contribution in [0, 0.1) is 5.92 Å². The third kappa shape index (κ3) is 4.54. The maximum absolute atomic E-state index is 12.5. The van der Waals surface area contributed by atoms with Crippen LogP contribution in [0.4, 0.5) is 0 Å². The van der Waals surface area contributed by atoms with Crippen LogP contribution in [-0.2, 0) is 12.8 Å². The molecule has 0 aliphatic rings. The Labute approximate surface area is 127 Å². The van der Waals surface area contributed by atoms with Gasteiger partial charge in [-0.2, -0.15) is 0 Å². The number of hydrogen-bond donors (Lipinski definition) is 1. The summed E-state index contributed by atoms with van der Waals surface area (Å²) in [6, 6.07) is 17.3. The van der Waals surface area contributed by atoms with E-state index in [4.69, 9.17) is 5.73 Å². The number of rotatable bonds is 6. The molecule has 0 aliphatic heterocycles. The second-order valence-corrected chi connectivity index (χ2v) is 5.96. The van der Waals surface area contributed by atoms with Gasteiger partial charge in [-0.3, -0.25) is 4.79 Å². The lowest BCUT2D eigenvalue weighted by Crippen LogP contribution is -2.32. The van der Waals surface area contributed by atoms with Crippen LogP contribution in [0.2, 0.25) is 0 Å². The minimum Gasteiger partial charge on any atom is -0.321 e. The summed E-state index contributed by atoms with van der Waals surface area (Å²) in [6.07, 6.45) is 1.56. The fourth-order valence-corrected chi connectivity index (χ4v) is 2.50. The van der Waals surface area contributed by atoms with E-state index in [1.54, 1.807) is 0 Å². The van der Waals surface area contributed by atoms with E-state index in [2.05, 4.69) is 19.9 Å². The first-order chi connectivity index (χ1) is 10.1. The van der Waals surface area contributed by atoms with Crippen molar-refractivity contribution in [1.82, 2.24) is 0 Å². The van der Waals surface area contributed by atoms with Crippen molar-refractivity contribution in [3.63, 3.8) is 0 Å². The minimum atomic E-state index is -0.485. The average Bonchev–Trinajstić information content (AvgIpc) is 2.47. The number of carbonyl (C=O) groups excluding carboxylic acids is 1. The van der Waals surface area contributed by atoms with Gasteiger partial charge in [-0.15, -0.1) is 0 Å². The molecular weight excluding hydrogens is 258 g/mol. The van der Waals surface area contributed by atoms with Crippen molar-refractivity contribution in [1.29, 1.82) is 0 Å². The van der Waals surface area contributed by atoms with Crippen molar-refractivity contribution < 1.29 is 4.79 Å². The molecule has 2 heteroatoms. The van der Waals surface area contributed by atoms with Gasteiger partial charge in [0.05, 0.1) is 6.04 Å². The first-order valence-electron chi connectivity index (χ1n) is 7.49. The Kier molecular flexibility index (Phi) is 5.29. The summed E-state index contributed by atoms with van der Waals surface area (Å²) >= 11 is 0. The van der Waals surface area contributed by atoms with Crippen LogP contribution in [-0.4, -0.2) is 11.8 Å².